The highest BCUT2D eigenvalue weighted by Gasteiger charge is 2.11. The first-order chi connectivity index (χ1) is 12.7. The second-order valence-electron chi connectivity index (χ2n) is 6.53. The summed E-state index contributed by atoms with van der Waals surface area (Å²) < 4.78 is 0. The number of hydrogen-bond donors (Lipinski definition) is 4. The van der Waals surface area contributed by atoms with Crippen LogP contribution in [0.5, 0.6) is 0 Å². The molecule has 0 radical (unpaired) electrons. The number of carbonyl (C=O) groups excluding carboxylic acids is 2. The summed E-state index contributed by atoms with van der Waals surface area (Å²) in [6, 6.07) is 11.4. The molecular formula is C20H23N3O4. The van der Waals surface area contributed by atoms with Crippen molar-refractivity contribution in [3.8, 4) is 0 Å². The standard InChI is InChI=1S/C20H23N3O4/c1-12(2)22-20(27)23-17-6-4-14(5-7-17)11-21-18(24)15-8-13(3)9-16(10-15)19(25)26/h4-10,12H,11H2,1-3H3,(H,21,24)(H,25,26)(H2,22,23,27). The Hall–Kier alpha value is -3.35. The highest BCUT2D eigenvalue weighted by Crippen LogP contribution is 2.12. The quantitative estimate of drug-likeness (QED) is 0.627. The summed E-state index contributed by atoms with van der Waals surface area (Å²) in [4.78, 5) is 35.1. The van der Waals surface area contributed by atoms with Crippen LogP contribution in [-0.4, -0.2) is 29.1 Å². The Bertz CT molecular complexity index is 845. The summed E-state index contributed by atoms with van der Waals surface area (Å²) in [5.74, 6) is -1.42. The highest BCUT2D eigenvalue weighted by atomic mass is 16.4. The molecule has 2 rings (SSSR count). The van der Waals surface area contributed by atoms with Crippen LogP contribution in [0, 0.1) is 6.92 Å². The van der Waals surface area contributed by atoms with Crippen molar-refractivity contribution in [1.82, 2.24) is 10.6 Å². The Morgan fingerprint density at radius 3 is 2.22 bits per heavy atom. The van der Waals surface area contributed by atoms with E-state index in [2.05, 4.69) is 16.0 Å². The number of urea groups is 1. The van der Waals surface area contributed by atoms with Gasteiger partial charge in [-0.25, -0.2) is 9.59 Å². The van der Waals surface area contributed by atoms with Crippen LogP contribution in [0.25, 0.3) is 0 Å². The minimum absolute atomic E-state index is 0.0442. The van der Waals surface area contributed by atoms with Crippen molar-refractivity contribution >= 4 is 23.6 Å². The van der Waals surface area contributed by atoms with Crippen molar-refractivity contribution in [3.05, 3.63) is 64.7 Å². The van der Waals surface area contributed by atoms with Crippen molar-refractivity contribution in [3.63, 3.8) is 0 Å². The molecule has 0 unspecified atom stereocenters. The first-order valence-corrected chi connectivity index (χ1v) is 8.54. The molecule has 7 nitrogen and oxygen atoms in total. The van der Waals surface area contributed by atoms with E-state index in [1.165, 1.54) is 12.1 Å². The number of aromatic carboxylic acids is 1. The Morgan fingerprint density at radius 1 is 1.00 bits per heavy atom. The van der Waals surface area contributed by atoms with Gasteiger partial charge in [0.2, 0.25) is 0 Å². The zero-order valence-electron chi connectivity index (χ0n) is 15.5. The van der Waals surface area contributed by atoms with Gasteiger partial charge in [0.05, 0.1) is 5.56 Å². The summed E-state index contributed by atoms with van der Waals surface area (Å²) in [6.45, 7) is 5.77. The van der Waals surface area contributed by atoms with Crippen LogP contribution in [0.15, 0.2) is 42.5 Å². The smallest absolute Gasteiger partial charge is 0.335 e. The molecule has 3 amide bonds. The number of anilines is 1. The largest absolute Gasteiger partial charge is 0.478 e. The molecule has 4 N–H and O–H groups in total. The monoisotopic (exact) mass is 369 g/mol. The number of rotatable bonds is 6. The lowest BCUT2D eigenvalue weighted by atomic mass is 10.1. The number of benzene rings is 2. The van der Waals surface area contributed by atoms with Gasteiger partial charge in [-0.05, 0) is 62.2 Å². The van der Waals surface area contributed by atoms with Crippen LogP contribution in [0.1, 0.15) is 45.7 Å². The third-order valence-electron chi connectivity index (χ3n) is 3.67. The molecule has 27 heavy (non-hydrogen) atoms. The van der Waals surface area contributed by atoms with Gasteiger partial charge < -0.3 is 21.1 Å². The second kappa shape index (κ2) is 8.84. The van der Waals surface area contributed by atoms with Gasteiger partial charge in [-0.15, -0.1) is 0 Å². The number of nitrogens with one attached hydrogen (secondary N) is 3. The molecule has 0 saturated carbocycles. The van der Waals surface area contributed by atoms with Gasteiger partial charge in [-0.1, -0.05) is 12.1 Å². The van der Waals surface area contributed by atoms with Crippen LogP contribution < -0.4 is 16.0 Å². The van der Waals surface area contributed by atoms with Gasteiger partial charge in [0.15, 0.2) is 0 Å². The van der Waals surface area contributed by atoms with Crippen LogP contribution in [0.3, 0.4) is 0 Å². The summed E-state index contributed by atoms with van der Waals surface area (Å²) in [6.07, 6.45) is 0. The molecule has 0 aliphatic heterocycles. The lowest BCUT2D eigenvalue weighted by Gasteiger charge is -2.11. The zero-order valence-corrected chi connectivity index (χ0v) is 15.5. The van der Waals surface area contributed by atoms with E-state index >= 15 is 0 Å². The number of carbonyl (C=O) groups is 3. The molecule has 0 saturated heterocycles. The van der Waals surface area contributed by atoms with E-state index in [9.17, 15) is 14.4 Å². The van der Waals surface area contributed by atoms with Gasteiger partial charge >= 0.3 is 12.0 Å². The third kappa shape index (κ3) is 6.14. The fraction of sp³-hybridized carbons (Fsp3) is 0.250. The Kier molecular flexibility index (Phi) is 6.54. The summed E-state index contributed by atoms with van der Waals surface area (Å²) in [5.41, 5.74) is 2.58. The number of carboxylic acids is 1. The van der Waals surface area contributed by atoms with Crippen LogP contribution in [-0.2, 0) is 6.54 Å². The molecule has 142 valence electrons. The van der Waals surface area contributed by atoms with E-state index < -0.39 is 5.97 Å². The van der Waals surface area contributed by atoms with Crippen molar-refractivity contribution in [2.75, 3.05) is 5.32 Å². The Balaban J connectivity index is 1.95. The molecule has 0 spiro atoms. The lowest BCUT2D eigenvalue weighted by Crippen LogP contribution is -2.34. The SMILES string of the molecule is Cc1cc(C(=O)O)cc(C(=O)NCc2ccc(NC(=O)NC(C)C)cc2)c1. The van der Waals surface area contributed by atoms with E-state index in [0.29, 0.717) is 16.8 Å². The average Bonchev–Trinajstić information content (AvgIpc) is 2.59. The molecule has 0 fully saturated rings. The fourth-order valence-electron chi connectivity index (χ4n) is 2.46. The predicted octanol–water partition coefficient (Wildman–Crippen LogP) is 3.15. The maximum atomic E-state index is 12.3. The molecular weight excluding hydrogens is 346 g/mol. The number of amides is 3. The van der Waals surface area contributed by atoms with Gasteiger partial charge in [0.25, 0.3) is 5.91 Å². The van der Waals surface area contributed by atoms with Gasteiger partial charge in [-0.3, -0.25) is 4.79 Å². The molecule has 0 atom stereocenters. The van der Waals surface area contributed by atoms with E-state index in [1.54, 1.807) is 37.3 Å². The maximum absolute atomic E-state index is 12.3. The molecule has 2 aromatic rings. The first-order valence-electron chi connectivity index (χ1n) is 8.54. The van der Waals surface area contributed by atoms with Crippen molar-refractivity contribution in [2.45, 2.75) is 33.4 Å². The van der Waals surface area contributed by atoms with Gasteiger partial charge in [-0.2, -0.15) is 0 Å². The minimum Gasteiger partial charge on any atom is -0.478 e. The Morgan fingerprint density at radius 2 is 1.63 bits per heavy atom. The molecule has 0 heterocycles. The fourth-order valence-corrected chi connectivity index (χ4v) is 2.46. The molecule has 0 aromatic heterocycles. The number of hydrogen-bond acceptors (Lipinski definition) is 3. The summed E-state index contributed by atoms with van der Waals surface area (Å²) >= 11 is 0. The van der Waals surface area contributed by atoms with Crippen LogP contribution in [0.2, 0.25) is 0 Å². The lowest BCUT2D eigenvalue weighted by molar-refractivity contribution is 0.0696. The van der Waals surface area contributed by atoms with Gasteiger partial charge in [0, 0.05) is 23.8 Å². The molecule has 0 bridgehead atoms. The molecule has 0 aliphatic carbocycles. The zero-order chi connectivity index (χ0) is 20.0. The molecule has 7 heteroatoms. The number of aryl methyl sites for hydroxylation is 1. The van der Waals surface area contributed by atoms with E-state index in [1.807, 2.05) is 13.8 Å². The minimum atomic E-state index is -1.07. The van der Waals surface area contributed by atoms with Crippen molar-refractivity contribution < 1.29 is 19.5 Å². The van der Waals surface area contributed by atoms with Crippen molar-refractivity contribution in [1.29, 1.82) is 0 Å². The van der Waals surface area contributed by atoms with Gasteiger partial charge in [0.1, 0.15) is 0 Å². The highest BCUT2D eigenvalue weighted by molar-refractivity contribution is 5.97. The first kappa shape index (κ1) is 20.0. The van der Waals surface area contributed by atoms with E-state index in [4.69, 9.17) is 5.11 Å². The van der Waals surface area contributed by atoms with Crippen LogP contribution >= 0.6 is 0 Å². The summed E-state index contributed by atoms with van der Waals surface area (Å²) in [7, 11) is 0. The molecule has 2 aromatic carbocycles. The third-order valence-corrected chi connectivity index (χ3v) is 3.67. The topological polar surface area (TPSA) is 108 Å². The van der Waals surface area contributed by atoms with E-state index in [-0.39, 0.29) is 30.1 Å². The average molecular weight is 369 g/mol. The van der Waals surface area contributed by atoms with E-state index in [0.717, 1.165) is 5.56 Å². The molecule has 0 aliphatic rings. The van der Waals surface area contributed by atoms with Crippen molar-refractivity contribution in [2.24, 2.45) is 0 Å². The predicted molar refractivity (Wildman–Crippen MR) is 103 cm³/mol. The maximum Gasteiger partial charge on any atom is 0.335 e. The Labute approximate surface area is 157 Å². The second-order valence-corrected chi connectivity index (χ2v) is 6.53. The number of carboxylic acid groups (broad SMARTS) is 1. The summed E-state index contributed by atoms with van der Waals surface area (Å²) in [5, 5.41) is 17.3. The normalized spacial score (nSPS) is 10.4. The van der Waals surface area contributed by atoms with Crippen LogP contribution in [0.4, 0.5) is 10.5 Å².